The summed E-state index contributed by atoms with van der Waals surface area (Å²) in [6, 6.07) is 9.60. The molecule has 0 unspecified atom stereocenters. The van der Waals surface area contributed by atoms with Gasteiger partial charge in [-0.3, -0.25) is 23.9 Å². The fraction of sp³-hybridized carbons (Fsp3) is 0.500. The molecule has 0 aliphatic carbocycles. The Hall–Kier alpha value is -3.36. The Morgan fingerprint density at radius 2 is 1.91 bits per heavy atom. The van der Waals surface area contributed by atoms with E-state index in [-0.39, 0.29) is 48.7 Å². The molecule has 1 saturated heterocycles. The van der Waals surface area contributed by atoms with Crippen LogP contribution in [0.1, 0.15) is 45.6 Å². The van der Waals surface area contributed by atoms with Crippen LogP contribution >= 0.6 is 0 Å². The van der Waals surface area contributed by atoms with Gasteiger partial charge >= 0.3 is 5.69 Å². The van der Waals surface area contributed by atoms with E-state index in [9.17, 15) is 19.2 Å². The number of hydrogen-bond acceptors (Lipinski definition) is 5. The summed E-state index contributed by atoms with van der Waals surface area (Å²) in [5, 5.41) is 0. The third kappa shape index (κ3) is 5.53. The van der Waals surface area contributed by atoms with Gasteiger partial charge in [-0.2, -0.15) is 0 Å². The molecule has 9 nitrogen and oxygen atoms in total. The summed E-state index contributed by atoms with van der Waals surface area (Å²) in [5.41, 5.74) is 5.96. The molecule has 3 N–H and O–H groups in total. The van der Waals surface area contributed by atoms with Gasteiger partial charge in [-0.25, -0.2) is 4.79 Å². The average molecular weight is 456 g/mol. The zero-order chi connectivity index (χ0) is 24.1. The molecule has 1 fully saturated rings. The number of aromatic nitrogens is 2. The Bertz CT molecular complexity index is 1110. The van der Waals surface area contributed by atoms with Crippen LogP contribution in [0.2, 0.25) is 0 Å². The lowest BCUT2D eigenvalue weighted by atomic mass is 10.1. The van der Waals surface area contributed by atoms with Gasteiger partial charge in [-0.15, -0.1) is 0 Å². The highest BCUT2D eigenvalue weighted by Crippen LogP contribution is 2.26. The molecular weight excluding hydrogens is 422 g/mol. The second-order valence-corrected chi connectivity index (χ2v) is 9.00. The highest BCUT2D eigenvalue weighted by atomic mass is 16.2. The lowest BCUT2D eigenvalue weighted by Crippen LogP contribution is -2.45. The summed E-state index contributed by atoms with van der Waals surface area (Å²) in [6.07, 6.45) is 1.63. The number of carbonyl (C=O) groups is 2. The lowest BCUT2D eigenvalue weighted by Gasteiger charge is -2.28. The summed E-state index contributed by atoms with van der Waals surface area (Å²) in [6.45, 7) is 7.15. The van der Waals surface area contributed by atoms with Crippen LogP contribution in [0.5, 0.6) is 0 Å². The molecular formula is C24H33N5O4. The number of hydrogen-bond donors (Lipinski definition) is 2. The van der Waals surface area contributed by atoms with E-state index in [0.717, 1.165) is 12.0 Å². The molecule has 9 heteroatoms. The highest BCUT2D eigenvalue weighted by molar-refractivity contribution is 6.00. The third-order valence-corrected chi connectivity index (χ3v) is 5.81. The molecule has 0 bridgehead atoms. The van der Waals surface area contributed by atoms with Crippen molar-refractivity contribution in [2.45, 2.75) is 53.1 Å². The third-order valence-electron chi connectivity index (χ3n) is 5.81. The van der Waals surface area contributed by atoms with Crippen molar-refractivity contribution in [1.29, 1.82) is 0 Å². The van der Waals surface area contributed by atoms with Crippen molar-refractivity contribution >= 4 is 23.3 Å². The normalized spacial score (nSPS) is 15.9. The number of benzene rings is 1. The minimum Gasteiger partial charge on any atom is -0.383 e. The second-order valence-electron chi connectivity index (χ2n) is 9.00. The highest BCUT2D eigenvalue weighted by Gasteiger charge is 2.38. The molecule has 2 aromatic rings. The van der Waals surface area contributed by atoms with Crippen LogP contribution in [0.25, 0.3) is 0 Å². The van der Waals surface area contributed by atoms with Gasteiger partial charge in [0.1, 0.15) is 5.82 Å². The largest absolute Gasteiger partial charge is 0.383 e. The number of anilines is 2. The van der Waals surface area contributed by atoms with Gasteiger partial charge in [-0.05, 0) is 17.9 Å². The van der Waals surface area contributed by atoms with Gasteiger partial charge < -0.3 is 15.5 Å². The molecule has 1 aromatic carbocycles. The van der Waals surface area contributed by atoms with Gasteiger partial charge in [0.05, 0.1) is 5.92 Å². The topological polar surface area (TPSA) is 121 Å². The van der Waals surface area contributed by atoms with E-state index >= 15 is 0 Å². The predicted octanol–water partition coefficient (Wildman–Crippen LogP) is 1.96. The second kappa shape index (κ2) is 10.5. The lowest BCUT2D eigenvalue weighted by molar-refractivity contribution is -0.128. The van der Waals surface area contributed by atoms with E-state index in [4.69, 9.17) is 5.73 Å². The van der Waals surface area contributed by atoms with Crippen molar-refractivity contribution in [1.82, 2.24) is 14.5 Å². The summed E-state index contributed by atoms with van der Waals surface area (Å²) in [5.74, 6) is -0.991. The molecule has 3 rings (SSSR count). The maximum absolute atomic E-state index is 13.6. The number of likely N-dealkylation sites (tertiary alicyclic amines) is 1. The standard InChI is InChI=1S/C24H33N5O4/c1-4-5-11-28-21(25)20(22(31)26-24(28)33)29(13-16(2)3)23(32)18-12-19(30)27(15-18)14-17-9-7-6-8-10-17/h6-10,16,18H,4-5,11-15,25H2,1-3H3,(H,26,31,33)/t18-/m0/s1. The van der Waals surface area contributed by atoms with Crippen molar-refractivity contribution in [3.05, 3.63) is 56.7 Å². The number of nitrogens with two attached hydrogens (primary N) is 1. The first-order chi connectivity index (χ1) is 15.7. The van der Waals surface area contributed by atoms with E-state index in [1.54, 1.807) is 4.90 Å². The molecule has 2 heterocycles. The number of aromatic amines is 1. The Kier molecular flexibility index (Phi) is 7.73. The predicted molar refractivity (Wildman–Crippen MR) is 128 cm³/mol. The SMILES string of the molecule is CCCCn1c(N)c(N(CC(C)C)C(=O)[C@H]2CC(=O)N(Cc3ccccc3)C2)c(=O)[nH]c1=O. The van der Waals surface area contributed by atoms with Gasteiger partial charge in [0.2, 0.25) is 11.8 Å². The molecule has 0 radical (unpaired) electrons. The van der Waals surface area contributed by atoms with Gasteiger partial charge in [0.25, 0.3) is 5.56 Å². The molecule has 2 amide bonds. The number of H-pyrrole nitrogens is 1. The van der Waals surface area contributed by atoms with Crippen LogP contribution in [0.3, 0.4) is 0 Å². The van der Waals surface area contributed by atoms with Crippen LogP contribution in [-0.4, -0.2) is 39.4 Å². The Morgan fingerprint density at radius 1 is 1.21 bits per heavy atom. The Balaban J connectivity index is 1.91. The Labute approximate surface area is 193 Å². The molecule has 33 heavy (non-hydrogen) atoms. The molecule has 1 aliphatic rings. The van der Waals surface area contributed by atoms with Crippen LogP contribution in [0.4, 0.5) is 11.5 Å². The van der Waals surface area contributed by atoms with E-state index in [0.29, 0.717) is 19.5 Å². The monoisotopic (exact) mass is 455 g/mol. The number of amides is 2. The number of nitrogens with one attached hydrogen (secondary N) is 1. The van der Waals surface area contributed by atoms with Crippen LogP contribution < -0.4 is 21.9 Å². The maximum Gasteiger partial charge on any atom is 0.330 e. The molecule has 1 aromatic heterocycles. The summed E-state index contributed by atoms with van der Waals surface area (Å²) in [4.78, 5) is 56.7. The minimum atomic E-state index is -0.690. The molecule has 178 valence electrons. The number of nitrogen functional groups attached to an aromatic ring is 1. The van der Waals surface area contributed by atoms with Crippen LogP contribution in [0, 0.1) is 11.8 Å². The smallest absolute Gasteiger partial charge is 0.330 e. The molecule has 1 atom stereocenters. The fourth-order valence-corrected chi connectivity index (χ4v) is 4.15. The number of carbonyl (C=O) groups excluding carboxylic acids is 2. The quantitative estimate of drug-likeness (QED) is 0.599. The van der Waals surface area contributed by atoms with E-state index in [2.05, 4.69) is 4.98 Å². The van der Waals surface area contributed by atoms with Crippen molar-refractivity contribution in [2.24, 2.45) is 11.8 Å². The van der Waals surface area contributed by atoms with Crippen molar-refractivity contribution < 1.29 is 9.59 Å². The number of unbranched alkanes of at least 4 members (excludes halogenated alkanes) is 1. The fourth-order valence-electron chi connectivity index (χ4n) is 4.15. The van der Waals surface area contributed by atoms with Crippen molar-refractivity contribution in [3.8, 4) is 0 Å². The van der Waals surface area contributed by atoms with Crippen LogP contribution in [0.15, 0.2) is 39.9 Å². The minimum absolute atomic E-state index is 0.0154. The van der Waals surface area contributed by atoms with Gasteiger partial charge in [0.15, 0.2) is 5.69 Å². The summed E-state index contributed by atoms with van der Waals surface area (Å²) >= 11 is 0. The molecule has 1 aliphatic heterocycles. The van der Waals surface area contributed by atoms with Crippen LogP contribution in [-0.2, 0) is 22.7 Å². The van der Waals surface area contributed by atoms with Crippen molar-refractivity contribution in [3.63, 3.8) is 0 Å². The van der Waals surface area contributed by atoms with Gasteiger partial charge in [-0.1, -0.05) is 57.5 Å². The molecule has 0 spiro atoms. The van der Waals surface area contributed by atoms with E-state index in [1.807, 2.05) is 51.1 Å². The average Bonchev–Trinajstić information content (AvgIpc) is 3.13. The summed E-state index contributed by atoms with van der Waals surface area (Å²) in [7, 11) is 0. The number of nitrogens with zero attached hydrogens (tertiary/aromatic N) is 3. The first-order valence-corrected chi connectivity index (χ1v) is 11.5. The summed E-state index contributed by atoms with van der Waals surface area (Å²) < 4.78 is 1.31. The van der Waals surface area contributed by atoms with Crippen molar-refractivity contribution in [2.75, 3.05) is 23.7 Å². The maximum atomic E-state index is 13.6. The van der Waals surface area contributed by atoms with Gasteiger partial charge in [0, 0.05) is 32.6 Å². The molecule has 0 saturated carbocycles. The zero-order valence-corrected chi connectivity index (χ0v) is 19.5. The first-order valence-electron chi connectivity index (χ1n) is 11.5. The first kappa shape index (κ1) is 24.3. The zero-order valence-electron chi connectivity index (χ0n) is 19.5. The number of rotatable bonds is 9. The Morgan fingerprint density at radius 3 is 2.55 bits per heavy atom. The van der Waals surface area contributed by atoms with E-state index < -0.39 is 17.2 Å². The van der Waals surface area contributed by atoms with E-state index in [1.165, 1.54) is 9.47 Å².